The molecule has 1 fully saturated rings. The molecule has 0 aliphatic carbocycles. The van der Waals surface area contributed by atoms with Crippen molar-refractivity contribution in [2.75, 3.05) is 26.0 Å². The molecule has 5 nitrogen and oxygen atoms in total. The Bertz CT molecular complexity index is 524. The molecule has 2 rings (SSSR count). The Labute approximate surface area is 142 Å². The maximum absolute atomic E-state index is 12.4. The first-order valence-electron chi connectivity index (χ1n) is 7.89. The minimum absolute atomic E-state index is 0.0100. The van der Waals surface area contributed by atoms with Gasteiger partial charge in [0.05, 0.1) is 6.04 Å². The van der Waals surface area contributed by atoms with Crippen molar-refractivity contribution in [1.29, 1.82) is 0 Å². The summed E-state index contributed by atoms with van der Waals surface area (Å²) in [5, 5.41) is 0. The van der Waals surface area contributed by atoms with Gasteiger partial charge >= 0.3 is 6.09 Å². The Morgan fingerprint density at radius 1 is 1.30 bits per heavy atom. The third-order valence-electron chi connectivity index (χ3n) is 4.09. The monoisotopic (exact) mass is 338 g/mol. The second-order valence-electron chi connectivity index (χ2n) is 5.79. The van der Waals surface area contributed by atoms with Crippen molar-refractivity contribution in [3.8, 4) is 0 Å². The number of amides is 2. The number of carbonyl (C=O) groups is 2. The van der Waals surface area contributed by atoms with Gasteiger partial charge in [-0.2, -0.15) is 0 Å². The lowest BCUT2D eigenvalue weighted by molar-refractivity contribution is -0.128. The van der Waals surface area contributed by atoms with E-state index in [0.29, 0.717) is 13.1 Å². The van der Waals surface area contributed by atoms with E-state index in [1.165, 1.54) is 0 Å². The lowest BCUT2D eigenvalue weighted by atomic mass is 10.0. The van der Waals surface area contributed by atoms with Crippen LogP contribution in [0, 0.1) is 0 Å². The highest BCUT2D eigenvalue weighted by Gasteiger charge is 2.29. The van der Waals surface area contributed by atoms with Gasteiger partial charge in [0.2, 0.25) is 5.91 Å². The standard InChI is InChI=1S/C17H23ClN2O3/c1-19(16(21)11-18)12-15-9-5-6-10-20(15)17(22)23-13-14-7-3-2-4-8-14/h2-4,7-8,15H,5-6,9-13H2,1H3. The molecule has 0 bridgehead atoms. The fraction of sp³-hybridized carbons (Fsp3) is 0.529. The predicted molar refractivity (Wildman–Crippen MR) is 89.3 cm³/mol. The van der Waals surface area contributed by atoms with Crippen molar-refractivity contribution in [2.24, 2.45) is 0 Å². The van der Waals surface area contributed by atoms with Crippen LogP contribution in [0.2, 0.25) is 0 Å². The van der Waals surface area contributed by atoms with Crippen molar-refractivity contribution in [3.63, 3.8) is 0 Å². The number of hydrogen-bond donors (Lipinski definition) is 0. The fourth-order valence-corrected chi connectivity index (χ4v) is 2.96. The predicted octanol–water partition coefficient (Wildman–Crippen LogP) is 2.87. The minimum Gasteiger partial charge on any atom is -0.445 e. The van der Waals surface area contributed by atoms with Crippen LogP contribution >= 0.6 is 11.6 Å². The molecule has 0 N–H and O–H groups in total. The smallest absolute Gasteiger partial charge is 0.410 e. The second kappa shape index (κ2) is 8.77. The van der Waals surface area contributed by atoms with Gasteiger partial charge in [0, 0.05) is 20.1 Å². The number of likely N-dealkylation sites (N-methyl/N-ethyl adjacent to an activating group) is 1. The van der Waals surface area contributed by atoms with Gasteiger partial charge in [0.25, 0.3) is 0 Å². The van der Waals surface area contributed by atoms with Crippen LogP contribution in [0.3, 0.4) is 0 Å². The summed E-state index contributed by atoms with van der Waals surface area (Å²) in [6.45, 7) is 1.42. The molecule has 1 unspecified atom stereocenters. The highest BCUT2D eigenvalue weighted by Crippen LogP contribution is 2.19. The van der Waals surface area contributed by atoms with Crippen molar-refractivity contribution >= 4 is 23.6 Å². The first kappa shape index (κ1) is 17.6. The second-order valence-corrected chi connectivity index (χ2v) is 6.06. The number of nitrogens with zero attached hydrogens (tertiary/aromatic N) is 2. The topological polar surface area (TPSA) is 49.9 Å². The summed E-state index contributed by atoms with van der Waals surface area (Å²) in [6, 6.07) is 9.60. The van der Waals surface area contributed by atoms with Gasteiger partial charge in [-0.05, 0) is 24.8 Å². The number of rotatable bonds is 5. The third kappa shape index (κ3) is 5.13. The number of benzene rings is 1. The normalized spacial score (nSPS) is 17.7. The zero-order chi connectivity index (χ0) is 16.7. The first-order valence-corrected chi connectivity index (χ1v) is 8.42. The van der Waals surface area contributed by atoms with Crippen molar-refractivity contribution in [3.05, 3.63) is 35.9 Å². The highest BCUT2D eigenvalue weighted by molar-refractivity contribution is 6.27. The van der Waals surface area contributed by atoms with E-state index in [9.17, 15) is 9.59 Å². The molecule has 1 aliphatic rings. The Kier molecular flexibility index (Phi) is 6.71. The molecule has 1 atom stereocenters. The molecule has 1 aromatic carbocycles. The molecule has 2 amide bonds. The molecule has 1 saturated heterocycles. The average Bonchev–Trinajstić information content (AvgIpc) is 2.60. The molecule has 6 heteroatoms. The van der Waals surface area contributed by atoms with Crippen molar-refractivity contribution < 1.29 is 14.3 Å². The number of hydrogen-bond acceptors (Lipinski definition) is 3. The number of alkyl halides is 1. The molecule has 0 saturated carbocycles. The van der Waals surface area contributed by atoms with Crippen molar-refractivity contribution in [1.82, 2.24) is 9.80 Å². The summed E-state index contributed by atoms with van der Waals surface area (Å²) >= 11 is 5.58. The van der Waals surface area contributed by atoms with Crippen LogP contribution in [0.25, 0.3) is 0 Å². The van der Waals surface area contributed by atoms with E-state index < -0.39 is 0 Å². The van der Waals surface area contributed by atoms with Crippen LogP contribution in [0.1, 0.15) is 24.8 Å². The molecule has 0 spiro atoms. The van der Waals surface area contributed by atoms with Gasteiger partial charge in [-0.15, -0.1) is 11.6 Å². The van der Waals surface area contributed by atoms with Crippen LogP contribution in [0.5, 0.6) is 0 Å². The number of halogens is 1. The van der Waals surface area contributed by atoms with Crippen molar-refractivity contribution in [2.45, 2.75) is 31.9 Å². The molecular weight excluding hydrogens is 316 g/mol. The van der Waals surface area contributed by atoms with Gasteiger partial charge in [-0.3, -0.25) is 4.79 Å². The molecule has 1 heterocycles. The molecule has 126 valence electrons. The van der Waals surface area contributed by atoms with Gasteiger partial charge < -0.3 is 14.5 Å². The fourth-order valence-electron chi connectivity index (χ4n) is 2.75. The minimum atomic E-state index is -0.315. The quantitative estimate of drug-likeness (QED) is 0.776. The lowest BCUT2D eigenvalue weighted by Gasteiger charge is -2.37. The molecule has 0 aromatic heterocycles. The SMILES string of the molecule is CN(CC1CCCCN1C(=O)OCc1ccccc1)C(=O)CCl. The van der Waals surface area contributed by atoms with E-state index in [-0.39, 0.29) is 30.5 Å². The summed E-state index contributed by atoms with van der Waals surface area (Å²) in [6.07, 6.45) is 2.57. The first-order chi connectivity index (χ1) is 11.1. The van der Waals surface area contributed by atoms with Gasteiger partial charge in [0.15, 0.2) is 0 Å². The summed E-state index contributed by atoms with van der Waals surface area (Å²) < 4.78 is 5.42. The Morgan fingerprint density at radius 2 is 2.04 bits per heavy atom. The Balaban J connectivity index is 1.91. The number of likely N-dealkylation sites (tertiary alicyclic amines) is 1. The van der Waals surface area contributed by atoms with E-state index in [4.69, 9.17) is 16.3 Å². The van der Waals surface area contributed by atoms with Gasteiger partial charge in [0.1, 0.15) is 12.5 Å². The van der Waals surface area contributed by atoms with Crippen LogP contribution in [0.4, 0.5) is 4.79 Å². The molecule has 1 aliphatic heterocycles. The van der Waals surface area contributed by atoms with Gasteiger partial charge in [-0.1, -0.05) is 30.3 Å². The zero-order valence-electron chi connectivity index (χ0n) is 13.4. The van der Waals surface area contributed by atoms with Crippen LogP contribution in [-0.2, 0) is 16.1 Å². The van der Waals surface area contributed by atoms with Crippen LogP contribution < -0.4 is 0 Å². The summed E-state index contributed by atoms with van der Waals surface area (Å²) in [5.41, 5.74) is 0.962. The Morgan fingerprint density at radius 3 is 2.74 bits per heavy atom. The summed E-state index contributed by atoms with van der Waals surface area (Å²) in [7, 11) is 1.72. The van der Waals surface area contributed by atoms with E-state index in [0.717, 1.165) is 24.8 Å². The molecule has 23 heavy (non-hydrogen) atoms. The molecular formula is C17H23ClN2O3. The third-order valence-corrected chi connectivity index (χ3v) is 4.32. The number of ether oxygens (including phenoxy) is 1. The van der Waals surface area contributed by atoms with E-state index in [2.05, 4.69) is 0 Å². The molecule has 1 aromatic rings. The summed E-state index contributed by atoms with van der Waals surface area (Å²) in [5.74, 6) is -0.170. The Hall–Kier alpha value is -1.75. The largest absolute Gasteiger partial charge is 0.445 e. The number of piperidine rings is 1. The summed E-state index contributed by atoms with van der Waals surface area (Å²) in [4.78, 5) is 27.3. The number of carbonyl (C=O) groups excluding carboxylic acids is 2. The van der Waals surface area contributed by atoms with Crippen LogP contribution in [-0.4, -0.2) is 53.9 Å². The maximum Gasteiger partial charge on any atom is 0.410 e. The van der Waals surface area contributed by atoms with Crippen LogP contribution in [0.15, 0.2) is 30.3 Å². The highest BCUT2D eigenvalue weighted by atomic mass is 35.5. The average molecular weight is 339 g/mol. The molecule has 0 radical (unpaired) electrons. The van der Waals surface area contributed by atoms with E-state index >= 15 is 0 Å². The lowest BCUT2D eigenvalue weighted by Crippen LogP contribution is -2.50. The van der Waals surface area contributed by atoms with E-state index in [1.54, 1.807) is 16.8 Å². The van der Waals surface area contributed by atoms with Gasteiger partial charge in [-0.25, -0.2) is 4.79 Å². The maximum atomic E-state index is 12.4. The zero-order valence-corrected chi connectivity index (χ0v) is 14.2. The van der Waals surface area contributed by atoms with E-state index in [1.807, 2.05) is 30.3 Å².